The van der Waals surface area contributed by atoms with Crippen molar-refractivity contribution in [1.82, 2.24) is 23.9 Å². The first-order valence-corrected chi connectivity index (χ1v) is 18.5. The highest BCUT2D eigenvalue weighted by Crippen LogP contribution is 2.44. The molecule has 54 heavy (non-hydrogen) atoms. The van der Waals surface area contributed by atoms with E-state index in [0.29, 0.717) is 17.5 Å². The monoisotopic (exact) mass is 691 g/mol. The van der Waals surface area contributed by atoms with E-state index in [1.54, 1.807) is 0 Å². The molecule has 0 saturated heterocycles. The minimum Gasteiger partial charge on any atom is -0.309 e. The predicted molar refractivity (Wildman–Crippen MR) is 221 cm³/mol. The number of rotatable bonds is 5. The highest BCUT2D eigenvalue weighted by molar-refractivity contribution is 6.17. The fourth-order valence-electron chi connectivity index (χ4n) is 8.40. The maximum atomic E-state index is 4.97. The van der Waals surface area contributed by atoms with Crippen LogP contribution in [0.3, 0.4) is 0 Å². The van der Waals surface area contributed by atoms with Crippen LogP contribution >= 0.6 is 0 Å². The Kier molecular flexibility index (Phi) is 6.92. The van der Waals surface area contributed by atoms with Crippen LogP contribution in [0.15, 0.2) is 176 Å². The Bertz CT molecular complexity index is 2990. The average molecular weight is 692 g/mol. The Morgan fingerprint density at radius 1 is 0.500 bits per heavy atom. The summed E-state index contributed by atoms with van der Waals surface area (Å²) in [7, 11) is 0. The van der Waals surface area contributed by atoms with E-state index in [9.17, 15) is 0 Å². The second-order valence-electron chi connectivity index (χ2n) is 14.0. The molecular formula is C49H33N5. The molecule has 4 aromatic heterocycles. The molecule has 0 N–H and O–H groups in total. The Balaban J connectivity index is 1.05. The topological polar surface area (TPSA) is 48.0 Å². The van der Waals surface area contributed by atoms with E-state index in [1.165, 1.54) is 60.7 Å². The third-order valence-electron chi connectivity index (χ3n) is 10.9. The molecule has 1 aliphatic rings. The van der Waals surface area contributed by atoms with Crippen LogP contribution in [0, 0.1) is 0 Å². The summed E-state index contributed by atoms with van der Waals surface area (Å²) < 4.78 is 4.95. The molecule has 0 spiro atoms. The third kappa shape index (κ3) is 4.82. The normalized spacial score (nSPS) is 14.0. The predicted octanol–water partition coefficient (Wildman–Crippen LogP) is 11.7. The molecule has 1 aliphatic carbocycles. The van der Waals surface area contributed by atoms with Crippen molar-refractivity contribution in [1.29, 1.82) is 0 Å². The van der Waals surface area contributed by atoms with Crippen LogP contribution < -0.4 is 0 Å². The van der Waals surface area contributed by atoms with Gasteiger partial charge in [0.25, 0.3) is 0 Å². The van der Waals surface area contributed by atoms with Crippen LogP contribution in [0.1, 0.15) is 22.7 Å². The largest absolute Gasteiger partial charge is 0.309 e. The number of fused-ring (bicyclic) bond motifs is 10. The Labute approximate surface area is 312 Å². The van der Waals surface area contributed by atoms with Gasteiger partial charge >= 0.3 is 0 Å². The molecule has 0 saturated carbocycles. The summed E-state index contributed by atoms with van der Waals surface area (Å²) in [4.78, 5) is 14.8. The van der Waals surface area contributed by atoms with Crippen LogP contribution in [0.4, 0.5) is 0 Å². The second-order valence-corrected chi connectivity index (χ2v) is 14.0. The smallest absolute Gasteiger partial charge is 0.164 e. The lowest BCUT2D eigenvalue weighted by Crippen LogP contribution is -2.07. The maximum Gasteiger partial charge on any atom is 0.164 e. The van der Waals surface area contributed by atoms with Crippen molar-refractivity contribution in [3.8, 4) is 39.9 Å². The number of aromatic nitrogens is 5. The van der Waals surface area contributed by atoms with Gasteiger partial charge in [0.15, 0.2) is 17.5 Å². The number of hydrogen-bond donors (Lipinski definition) is 0. The quantitative estimate of drug-likeness (QED) is 0.180. The van der Waals surface area contributed by atoms with E-state index in [-0.39, 0.29) is 5.92 Å². The molecule has 0 amide bonds. The van der Waals surface area contributed by atoms with Gasteiger partial charge in [-0.2, -0.15) is 0 Å². The summed E-state index contributed by atoms with van der Waals surface area (Å²) in [6.07, 6.45) is 5.62. The van der Waals surface area contributed by atoms with Gasteiger partial charge in [0.05, 0.1) is 22.1 Å². The van der Waals surface area contributed by atoms with Gasteiger partial charge in [-0.3, -0.25) is 0 Å². The van der Waals surface area contributed by atoms with Crippen molar-refractivity contribution < 1.29 is 0 Å². The molecule has 5 nitrogen and oxygen atoms in total. The SMILES string of the molecule is C1=CC(c2ccc(-c3nc(-c4ccccc4)nc(-c4ccccc4)n3)cc2)Cc2c1n(-c1ccccc1)c1c3ccccc3n3c4ccccc4cc3c21. The molecule has 4 heterocycles. The lowest BCUT2D eigenvalue weighted by molar-refractivity contribution is 0.825. The molecular weight excluding hydrogens is 659 g/mol. The minimum absolute atomic E-state index is 0.204. The molecule has 1 atom stereocenters. The maximum absolute atomic E-state index is 4.97. The fraction of sp³-hybridized carbons (Fsp3) is 0.0408. The van der Waals surface area contributed by atoms with Gasteiger partial charge in [-0.05, 0) is 54.0 Å². The molecule has 254 valence electrons. The van der Waals surface area contributed by atoms with E-state index in [1.807, 2.05) is 60.7 Å². The molecule has 10 aromatic rings. The summed E-state index contributed by atoms with van der Waals surface area (Å²) in [6, 6.07) is 59.9. The van der Waals surface area contributed by atoms with Gasteiger partial charge in [-0.25, -0.2) is 15.0 Å². The van der Waals surface area contributed by atoms with E-state index in [4.69, 9.17) is 15.0 Å². The summed E-state index contributed by atoms with van der Waals surface area (Å²) in [5, 5.41) is 3.82. The number of benzene rings is 6. The number of para-hydroxylation sites is 3. The zero-order valence-corrected chi connectivity index (χ0v) is 29.3. The molecule has 1 unspecified atom stereocenters. The van der Waals surface area contributed by atoms with Crippen molar-refractivity contribution >= 4 is 44.3 Å². The van der Waals surface area contributed by atoms with Gasteiger partial charge in [0.1, 0.15) is 0 Å². The number of allylic oxidation sites excluding steroid dienone is 1. The zero-order valence-electron chi connectivity index (χ0n) is 29.3. The summed E-state index contributed by atoms with van der Waals surface area (Å²) in [6.45, 7) is 0. The first-order chi connectivity index (χ1) is 26.8. The van der Waals surface area contributed by atoms with Gasteiger partial charge in [0.2, 0.25) is 0 Å². The first-order valence-electron chi connectivity index (χ1n) is 18.5. The van der Waals surface area contributed by atoms with Crippen molar-refractivity contribution in [2.75, 3.05) is 0 Å². The fourth-order valence-corrected chi connectivity index (χ4v) is 8.40. The molecule has 6 aromatic carbocycles. The molecule has 0 bridgehead atoms. The molecule has 0 aliphatic heterocycles. The number of pyridine rings is 1. The van der Waals surface area contributed by atoms with Crippen LogP contribution in [0.5, 0.6) is 0 Å². The number of nitrogens with zero attached hydrogens (tertiary/aromatic N) is 5. The highest BCUT2D eigenvalue weighted by Gasteiger charge is 2.27. The van der Waals surface area contributed by atoms with Gasteiger partial charge in [-0.1, -0.05) is 146 Å². The first kappa shape index (κ1) is 30.5. The molecule has 5 heteroatoms. The minimum atomic E-state index is 0.204. The van der Waals surface area contributed by atoms with Crippen LogP contribution in [0.2, 0.25) is 0 Å². The third-order valence-corrected chi connectivity index (χ3v) is 10.9. The van der Waals surface area contributed by atoms with Crippen molar-refractivity contribution in [2.45, 2.75) is 12.3 Å². The second kappa shape index (κ2) is 12.2. The van der Waals surface area contributed by atoms with E-state index in [0.717, 1.165) is 23.1 Å². The zero-order chi connectivity index (χ0) is 35.6. The van der Waals surface area contributed by atoms with Crippen LogP contribution in [-0.4, -0.2) is 23.9 Å². The van der Waals surface area contributed by atoms with Crippen LogP contribution in [0.25, 0.3) is 84.2 Å². The number of hydrogen-bond acceptors (Lipinski definition) is 3. The lowest BCUT2D eigenvalue weighted by atomic mass is 9.86. The van der Waals surface area contributed by atoms with Gasteiger partial charge in [0, 0.05) is 50.1 Å². The molecule has 11 rings (SSSR count). The van der Waals surface area contributed by atoms with Crippen molar-refractivity contribution in [3.05, 3.63) is 193 Å². The van der Waals surface area contributed by atoms with Gasteiger partial charge in [-0.15, -0.1) is 0 Å². The Hall–Kier alpha value is -7.11. The van der Waals surface area contributed by atoms with Crippen molar-refractivity contribution in [3.63, 3.8) is 0 Å². The van der Waals surface area contributed by atoms with E-state index < -0.39 is 0 Å². The average Bonchev–Trinajstić information content (AvgIpc) is 3.81. The summed E-state index contributed by atoms with van der Waals surface area (Å²) in [5.74, 6) is 2.20. The van der Waals surface area contributed by atoms with Crippen LogP contribution in [-0.2, 0) is 6.42 Å². The van der Waals surface area contributed by atoms with E-state index in [2.05, 4.69) is 130 Å². The Morgan fingerprint density at radius 2 is 1.06 bits per heavy atom. The van der Waals surface area contributed by atoms with E-state index >= 15 is 0 Å². The van der Waals surface area contributed by atoms with Crippen molar-refractivity contribution in [2.24, 2.45) is 0 Å². The van der Waals surface area contributed by atoms with Gasteiger partial charge < -0.3 is 8.97 Å². The lowest BCUT2D eigenvalue weighted by Gasteiger charge is -2.20. The molecule has 0 radical (unpaired) electrons. The summed E-state index contributed by atoms with van der Waals surface area (Å²) in [5.41, 5.74) is 12.9. The Morgan fingerprint density at radius 3 is 1.72 bits per heavy atom. The standard InChI is InChI=1S/C49H33N5/c1-4-14-33(15-5-1)47-50-48(34-16-6-2-7-17-34)52-49(51-47)35-26-24-32(25-27-35)36-28-29-43-40(30-36)45-44-31-37-18-10-12-22-41(37)54(44)42-23-13-11-21-39(42)46(45)53(43)38-19-8-3-9-20-38/h1-29,31,36H,30H2. The highest BCUT2D eigenvalue weighted by atomic mass is 15.0. The molecule has 0 fully saturated rings. The summed E-state index contributed by atoms with van der Waals surface area (Å²) >= 11 is 0.